The first-order valence-corrected chi connectivity index (χ1v) is 5.80. The fraction of sp³-hybridized carbons (Fsp3) is 0.583. The van der Waals surface area contributed by atoms with Gasteiger partial charge in [0.15, 0.2) is 0 Å². The predicted octanol–water partition coefficient (Wildman–Crippen LogP) is 0.137. The highest BCUT2D eigenvalue weighted by molar-refractivity contribution is 5.76. The van der Waals surface area contributed by atoms with Crippen LogP contribution in [0, 0.1) is 0 Å². The molecule has 0 aliphatic carbocycles. The molecule has 1 atom stereocenters. The first kappa shape index (κ1) is 16.1. The molecule has 2 N–H and O–H groups in total. The maximum atomic E-state index is 11.4. The predicted molar refractivity (Wildman–Crippen MR) is 66.7 cm³/mol. The van der Waals surface area contributed by atoms with Crippen LogP contribution in [0.25, 0.3) is 0 Å². The van der Waals surface area contributed by atoms with Crippen LogP contribution in [0.2, 0.25) is 0 Å². The SMILES string of the molecule is COC(=O)[C@H](CCCCNC(C)=O)NC=CC=O. The van der Waals surface area contributed by atoms with Gasteiger partial charge in [-0.1, -0.05) is 0 Å². The topological polar surface area (TPSA) is 84.5 Å². The molecular weight excluding hydrogens is 236 g/mol. The van der Waals surface area contributed by atoms with E-state index in [1.807, 2.05) is 0 Å². The Balaban J connectivity index is 3.93. The molecule has 0 bridgehead atoms. The van der Waals surface area contributed by atoms with Crippen LogP contribution in [0.1, 0.15) is 26.2 Å². The Morgan fingerprint density at radius 2 is 2.06 bits per heavy atom. The number of methoxy groups -OCH3 is 1. The van der Waals surface area contributed by atoms with Gasteiger partial charge in [0.1, 0.15) is 12.3 Å². The summed E-state index contributed by atoms with van der Waals surface area (Å²) in [7, 11) is 1.32. The second-order valence-electron chi connectivity index (χ2n) is 3.72. The molecule has 0 unspecified atom stereocenters. The van der Waals surface area contributed by atoms with Gasteiger partial charge in [0.25, 0.3) is 0 Å². The zero-order chi connectivity index (χ0) is 13.8. The van der Waals surface area contributed by atoms with Crippen molar-refractivity contribution in [2.24, 2.45) is 0 Å². The van der Waals surface area contributed by atoms with E-state index in [9.17, 15) is 14.4 Å². The summed E-state index contributed by atoms with van der Waals surface area (Å²) in [5.41, 5.74) is 0. The maximum absolute atomic E-state index is 11.4. The molecule has 0 aromatic heterocycles. The summed E-state index contributed by atoms with van der Waals surface area (Å²) in [5.74, 6) is -0.434. The number of rotatable bonds is 9. The zero-order valence-corrected chi connectivity index (χ0v) is 10.8. The number of aldehydes is 1. The minimum absolute atomic E-state index is 0.0634. The van der Waals surface area contributed by atoms with Crippen molar-refractivity contribution in [3.05, 3.63) is 12.3 Å². The van der Waals surface area contributed by atoms with Gasteiger partial charge in [0.05, 0.1) is 7.11 Å². The quantitative estimate of drug-likeness (QED) is 0.265. The highest BCUT2D eigenvalue weighted by Gasteiger charge is 2.16. The molecule has 0 rings (SSSR count). The molecule has 102 valence electrons. The van der Waals surface area contributed by atoms with Crippen LogP contribution in [0.5, 0.6) is 0 Å². The Bertz CT molecular complexity index is 302. The largest absolute Gasteiger partial charge is 0.467 e. The maximum Gasteiger partial charge on any atom is 0.328 e. The van der Waals surface area contributed by atoms with Gasteiger partial charge < -0.3 is 15.4 Å². The van der Waals surface area contributed by atoms with Crippen molar-refractivity contribution in [1.82, 2.24) is 10.6 Å². The number of hydrogen-bond donors (Lipinski definition) is 2. The fourth-order valence-electron chi connectivity index (χ4n) is 1.36. The Labute approximate surface area is 107 Å². The summed E-state index contributed by atoms with van der Waals surface area (Å²) in [4.78, 5) is 32.1. The van der Waals surface area contributed by atoms with E-state index in [1.165, 1.54) is 26.3 Å². The molecule has 6 nitrogen and oxygen atoms in total. The summed E-state index contributed by atoms with van der Waals surface area (Å²) in [6.07, 6.45) is 5.44. The standard InChI is InChI=1S/C12H20N2O4/c1-10(16)13-7-4-3-6-11(12(17)18-2)14-8-5-9-15/h5,8-9,11,14H,3-4,6-7H2,1-2H3,(H,13,16)/t11-/m0/s1. The molecule has 1 amide bonds. The Hall–Kier alpha value is -1.85. The normalized spacial score (nSPS) is 11.9. The lowest BCUT2D eigenvalue weighted by Gasteiger charge is -2.14. The molecule has 0 aromatic rings. The van der Waals surface area contributed by atoms with Crippen molar-refractivity contribution in [3.8, 4) is 0 Å². The third kappa shape index (κ3) is 8.32. The number of nitrogens with one attached hydrogen (secondary N) is 2. The van der Waals surface area contributed by atoms with Crippen LogP contribution in [0.3, 0.4) is 0 Å². The molecular formula is C12H20N2O4. The molecule has 0 saturated carbocycles. The van der Waals surface area contributed by atoms with Gasteiger partial charge in [0.2, 0.25) is 5.91 Å². The minimum Gasteiger partial charge on any atom is -0.467 e. The summed E-state index contributed by atoms with van der Waals surface area (Å²) >= 11 is 0. The van der Waals surface area contributed by atoms with Crippen molar-refractivity contribution in [2.75, 3.05) is 13.7 Å². The van der Waals surface area contributed by atoms with Gasteiger partial charge in [0, 0.05) is 19.7 Å². The smallest absolute Gasteiger partial charge is 0.328 e. The average Bonchev–Trinajstić information content (AvgIpc) is 2.35. The van der Waals surface area contributed by atoms with Crippen LogP contribution >= 0.6 is 0 Å². The molecule has 0 radical (unpaired) electrons. The number of amides is 1. The third-order valence-electron chi connectivity index (χ3n) is 2.25. The highest BCUT2D eigenvalue weighted by atomic mass is 16.5. The zero-order valence-electron chi connectivity index (χ0n) is 10.8. The van der Waals surface area contributed by atoms with E-state index in [4.69, 9.17) is 0 Å². The first-order chi connectivity index (χ1) is 8.61. The van der Waals surface area contributed by atoms with Crippen LogP contribution < -0.4 is 10.6 Å². The number of ether oxygens (including phenoxy) is 1. The lowest BCUT2D eigenvalue weighted by molar-refractivity contribution is -0.143. The molecule has 0 aliphatic rings. The Kier molecular flexibility index (Phi) is 9.25. The molecule has 0 saturated heterocycles. The van der Waals surface area contributed by atoms with Crippen LogP contribution in [-0.4, -0.2) is 37.9 Å². The van der Waals surface area contributed by atoms with Gasteiger partial charge >= 0.3 is 5.97 Å². The molecule has 0 heterocycles. The summed E-state index contributed by atoms with van der Waals surface area (Å²) in [5, 5.41) is 5.48. The fourth-order valence-corrected chi connectivity index (χ4v) is 1.36. The van der Waals surface area contributed by atoms with E-state index in [0.717, 1.165) is 12.8 Å². The Morgan fingerprint density at radius 1 is 1.33 bits per heavy atom. The van der Waals surface area contributed by atoms with Gasteiger partial charge in [-0.2, -0.15) is 0 Å². The molecule has 6 heteroatoms. The van der Waals surface area contributed by atoms with E-state index in [2.05, 4.69) is 15.4 Å². The molecule has 18 heavy (non-hydrogen) atoms. The van der Waals surface area contributed by atoms with Crippen LogP contribution in [0.15, 0.2) is 12.3 Å². The number of allylic oxidation sites excluding steroid dienone is 1. The van der Waals surface area contributed by atoms with Gasteiger partial charge in [-0.25, -0.2) is 4.79 Å². The summed E-state index contributed by atoms with van der Waals surface area (Å²) in [6, 6.07) is -0.469. The monoisotopic (exact) mass is 256 g/mol. The lowest BCUT2D eigenvalue weighted by atomic mass is 10.1. The van der Waals surface area contributed by atoms with Gasteiger partial charge in [-0.15, -0.1) is 0 Å². The first-order valence-electron chi connectivity index (χ1n) is 5.80. The number of carbonyl (C=O) groups is 3. The highest BCUT2D eigenvalue weighted by Crippen LogP contribution is 2.02. The summed E-state index contributed by atoms with van der Waals surface area (Å²) < 4.78 is 4.64. The van der Waals surface area contributed by atoms with Gasteiger partial charge in [-0.05, 0) is 25.3 Å². The van der Waals surface area contributed by atoms with E-state index < -0.39 is 6.04 Å². The number of hydrogen-bond acceptors (Lipinski definition) is 5. The second-order valence-corrected chi connectivity index (χ2v) is 3.72. The van der Waals surface area contributed by atoms with Crippen molar-refractivity contribution in [3.63, 3.8) is 0 Å². The minimum atomic E-state index is -0.469. The van der Waals surface area contributed by atoms with Gasteiger partial charge in [-0.3, -0.25) is 9.59 Å². The lowest BCUT2D eigenvalue weighted by Crippen LogP contribution is -2.34. The van der Waals surface area contributed by atoms with E-state index >= 15 is 0 Å². The van der Waals surface area contributed by atoms with Crippen LogP contribution in [0.4, 0.5) is 0 Å². The number of carbonyl (C=O) groups excluding carboxylic acids is 3. The van der Waals surface area contributed by atoms with Crippen molar-refractivity contribution in [1.29, 1.82) is 0 Å². The van der Waals surface area contributed by atoms with E-state index in [1.54, 1.807) is 0 Å². The van der Waals surface area contributed by atoms with Crippen molar-refractivity contribution >= 4 is 18.2 Å². The summed E-state index contributed by atoms with van der Waals surface area (Å²) in [6.45, 7) is 2.05. The third-order valence-corrected chi connectivity index (χ3v) is 2.25. The number of esters is 1. The van der Waals surface area contributed by atoms with Crippen molar-refractivity contribution in [2.45, 2.75) is 32.2 Å². The number of unbranched alkanes of at least 4 members (excludes halogenated alkanes) is 1. The molecule has 0 fully saturated rings. The van der Waals surface area contributed by atoms with Crippen molar-refractivity contribution < 1.29 is 19.1 Å². The van der Waals surface area contributed by atoms with E-state index in [0.29, 0.717) is 19.3 Å². The molecule has 0 aromatic carbocycles. The average molecular weight is 256 g/mol. The second kappa shape index (κ2) is 10.3. The van der Waals surface area contributed by atoms with Crippen LogP contribution in [-0.2, 0) is 19.1 Å². The molecule has 0 spiro atoms. The van der Waals surface area contributed by atoms with E-state index in [-0.39, 0.29) is 11.9 Å². The molecule has 0 aliphatic heterocycles. The Morgan fingerprint density at radius 3 is 2.61 bits per heavy atom.